The molecule has 0 bridgehead atoms. The molecular formula is C12H16O2. The van der Waals surface area contributed by atoms with Crippen molar-refractivity contribution in [3.8, 4) is 0 Å². The summed E-state index contributed by atoms with van der Waals surface area (Å²) in [5.74, 6) is 1.06. The molecule has 14 heavy (non-hydrogen) atoms. The van der Waals surface area contributed by atoms with Crippen LogP contribution in [0.5, 0.6) is 0 Å². The molecule has 1 fully saturated rings. The Kier molecular flexibility index (Phi) is 3.84. The van der Waals surface area contributed by atoms with Crippen LogP contribution in [-0.2, 0) is 4.79 Å². The van der Waals surface area contributed by atoms with Gasteiger partial charge in [-0.05, 0) is 24.3 Å². The number of rotatable bonds is 1. The van der Waals surface area contributed by atoms with Crippen LogP contribution in [0, 0.1) is 0 Å². The zero-order valence-corrected chi connectivity index (χ0v) is 8.20. The van der Waals surface area contributed by atoms with Gasteiger partial charge in [-0.1, -0.05) is 30.3 Å². The van der Waals surface area contributed by atoms with E-state index in [1.165, 1.54) is 5.56 Å². The Balaban J connectivity index is 0.000000980. The van der Waals surface area contributed by atoms with Gasteiger partial charge in [-0.15, -0.1) is 0 Å². The zero-order valence-electron chi connectivity index (χ0n) is 8.20. The zero-order chi connectivity index (χ0) is 9.10. The molecule has 0 radical (unpaired) electrons. The van der Waals surface area contributed by atoms with Crippen molar-refractivity contribution in [2.75, 3.05) is 0 Å². The molecule has 1 saturated carbocycles. The highest BCUT2D eigenvalue weighted by atomic mass is 16.1. The molecule has 1 aromatic carbocycles. The van der Waals surface area contributed by atoms with Gasteiger partial charge in [0.25, 0.3) is 0 Å². The number of Topliss-reactive ketones (excluding diaryl/α,β-unsaturated/α-hetero) is 1. The fraction of sp³-hybridized carbons (Fsp3) is 0.417. The molecule has 2 rings (SSSR count). The third kappa shape index (κ3) is 2.42. The highest BCUT2D eigenvalue weighted by Crippen LogP contribution is 2.30. The predicted molar refractivity (Wildman–Crippen MR) is 56.3 cm³/mol. The van der Waals surface area contributed by atoms with E-state index in [9.17, 15) is 4.79 Å². The molecule has 2 heteroatoms. The third-order valence-corrected chi connectivity index (χ3v) is 2.81. The average molecular weight is 192 g/mol. The van der Waals surface area contributed by atoms with Gasteiger partial charge in [-0.3, -0.25) is 4.79 Å². The summed E-state index contributed by atoms with van der Waals surface area (Å²) in [6, 6.07) is 10.5. The monoisotopic (exact) mass is 192 g/mol. The summed E-state index contributed by atoms with van der Waals surface area (Å²) in [4.78, 5) is 11.0. The summed E-state index contributed by atoms with van der Waals surface area (Å²) in [5, 5.41) is 0. The van der Waals surface area contributed by atoms with Crippen LogP contribution >= 0.6 is 0 Å². The molecule has 2 nitrogen and oxygen atoms in total. The van der Waals surface area contributed by atoms with Gasteiger partial charge in [0, 0.05) is 12.8 Å². The van der Waals surface area contributed by atoms with Crippen molar-refractivity contribution < 1.29 is 10.3 Å². The summed E-state index contributed by atoms with van der Waals surface area (Å²) < 4.78 is 0. The lowest BCUT2D eigenvalue weighted by atomic mass is 9.84. The van der Waals surface area contributed by atoms with Crippen molar-refractivity contribution in [1.82, 2.24) is 0 Å². The molecule has 1 aromatic rings. The van der Waals surface area contributed by atoms with Crippen molar-refractivity contribution in [3.63, 3.8) is 0 Å². The molecule has 0 spiro atoms. The van der Waals surface area contributed by atoms with Crippen LogP contribution < -0.4 is 0 Å². The van der Waals surface area contributed by atoms with E-state index in [-0.39, 0.29) is 5.48 Å². The van der Waals surface area contributed by atoms with Gasteiger partial charge in [-0.2, -0.15) is 0 Å². The van der Waals surface area contributed by atoms with Crippen molar-refractivity contribution >= 4 is 5.78 Å². The summed E-state index contributed by atoms with van der Waals surface area (Å²) in [6.07, 6.45) is 3.64. The first-order valence-electron chi connectivity index (χ1n) is 4.93. The molecule has 0 heterocycles. The van der Waals surface area contributed by atoms with Crippen LogP contribution in [0.3, 0.4) is 0 Å². The van der Waals surface area contributed by atoms with Crippen LogP contribution in [0.2, 0.25) is 0 Å². The van der Waals surface area contributed by atoms with E-state index in [2.05, 4.69) is 24.3 Å². The third-order valence-electron chi connectivity index (χ3n) is 2.81. The minimum absolute atomic E-state index is 0. The van der Waals surface area contributed by atoms with Crippen LogP contribution in [-0.4, -0.2) is 11.3 Å². The minimum Gasteiger partial charge on any atom is -0.412 e. The Hall–Kier alpha value is -1.15. The second kappa shape index (κ2) is 4.91. The maximum absolute atomic E-state index is 11.0. The molecule has 1 aliphatic carbocycles. The Morgan fingerprint density at radius 3 is 2.14 bits per heavy atom. The molecule has 0 amide bonds. The van der Waals surface area contributed by atoms with Crippen molar-refractivity contribution in [1.29, 1.82) is 0 Å². The summed E-state index contributed by atoms with van der Waals surface area (Å²) in [6.45, 7) is 0. The van der Waals surface area contributed by atoms with Crippen molar-refractivity contribution in [2.45, 2.75) is 31.6 Å². The van der Waals surface area contributed by atoms with Gasteiger partial charge in [0.15, 0.2) is 0 Å². The first-order chi connectivity index (χ1) is 6.36. The fourth-order valence-corrected chi connectivity index (χ4v) is 2.00. The topological polar surface area (TPSA) is 48.6 Å². The van der Waals surface area contributed by atoms with E-state index in [1.807, 2.05) is 6.07 Å². The molecular weight excluding hydrogens is 176 g/mol. The van der Waals surface area contributed by atoms with E-state index in [0.717, 1.165) is 25.7 Å². The highest BCUT2D eigenvalue weighted by molar-refractivity contribution is 5.79. The Bertz CT molecular complexity index is 282. The number of ketones is 1. The second-order valence-electron chi connectivity index (χ2n) is 3.72. The Morgan fingerprint density at radius 2 is 1.57 bits per heavy atom. The highest BCUT2D eigenvalue weighted by Gasteiger charge is 2.19. The van der Waals surface area contributed by atoms with Crippen LogP contribution in [0.25, 0.3) is 0 Å². The van der Waals surface area contributed by atoms with Crippen LogP contribution in [0.1, 0.15) is 37.2 Å². The van der Waals surface area contributed by atoms with E-state index in [1.54, 1.807) is 0 Å². The SMILES string of the molecule is O.O=C1CCC(c2ccccc2)CC1. The van der Waals surface area contributed by atoms with Gasteiger partial charge in [0.2, 0.25) is 0 Å². The van der Waals surface area contributed by atoms with E-state index >= 15 is 0 Å². The summed E-state index contributed by atoms with van der Waals surface area (Å²) in [5.41, 5.74) is 1.40. The molecule has 0 aromatic heterocycles. The van der Waals surface area contributed by atoms with Crippen LogP contribution in [0.15, 0.2) is 30.3 Å². The second-order valence-corrected chi connectivity index (χ2v) is 3.72. The van der Waals surface area contributed by atoms with E-state index in [4.69, 9.17) is 0 Å². The lowest BCUT2D eigenvalue weighted by Gasteiger charge is -2.20. The van der Waals surface area contributed by atoms with Gasteiger partial charge in [-0.25, -0.2) is 0 Å². The number of carbonyl (C=O) groups excluding carboxylic acids is 1. The Morgan fingerprint density at radius 1 is 1.00 bits per heavy atom. The number of hydrogen-bond donors (Lipinski definition) is 0. The van der Waals surface area contributed by atoms with Gasteiger partial charge in [0.1, 0.15) is 5.78 Å². The maximum atomic E-state index is 11.0. The quantitative estimate of drug-likeness (QED) is 0.672. The van der Waals surface area contributed by atoms with Gasteiger partial charge < -0.3 is 5.48 Å². The lowest BCUT2D eigenvalue weighted by Crippen LogP contribution is -2.12. The number of hydrogen-bond acceptors (Lipinski definition) is 1. The molecule has 0 aliphatic heterocycles. The lowest BCUT2D eigenvalue weighted by molar-refractivity contribution is -0.120. The molecule has 0 atom stereocenters. The molecule has 76 valence electrons. The molecule has 1 aliphatic rings. The normalized spacial score (nSPS) is 17.6. The fourth-order valence-electron chi connectivity index (χ4n) is 2.00. The van der Waals surface area contributed by atoms with Gasteiger partial charge in [0.05, 0.1) is 0 Å². The first kappa shape index (κ1) is 10.9. The molecule has 0 saturated heterocycles. The summed E-state index contributed by atoms with van der Waals surface area (Å²) >= 11 is 0. The standard InChI is InChI=1S/C12H14O.H2O/c13-12-8-6-11(7-9-12)10-4-2-1-3-5-10;/h1-5,11H,6-9H2;1H2. The largest absolute Gasteiger partial charge is 0.412 e. The van der Waals surface area contributed by atoms with Crippen molar-refractivity contribution in [2.24, 2.45) is 0 Å². The first-order valence-corrected chi connectivity index (χ1v) is 4.93. The van der Waals surface area contributed by atoms with Crippen LogP contribution in [0.4, 0.5) is 0 Å². The number of benzene rings is 1. The maximum Gasteiger partial charge on any atom is 0.132 e. The molecule has 0 unspecified atom stereocenters. The Labute approximate surface area is 84.3 Å². The predicted octanol–water partition coefficient (Wildman–Crippen LogP) is 2.09. The average Bonchev–Trinajstić information content (AvgIpc) is 2.20. The molecule has 2 N–H and O–H groups in total. The van der Waals surface area contributed by atoms with E-state index in [0.29, 0.717) is 11.7 Å². The van der Waals surface area contributed by atoms with E-state index < -0.39 is 0 Å². The smallest absolute Gasteiger partial charge is 0.132 e. The number of carbonyl (C=O) groups is 1. The minimum atomic E-state index is 0. The summed E-state index contributed by atoms with van der Waals surface area (Å²) in [7, 11) is 0. The van der Waals surface area contributed by atoms with Crippen molar-refractivity contribution in [3.05, 3.63) is 35.9 Å². The van der Waals surface area contributed by atoms with Gasteiger partial charge >= 0.3 is 0 Å².